The van der Waals surface area contributed by atoms with Gasteiger partial charge in [-0.2, -0.15) is 0 Å². The van der Waals surface area contributed by atoms with E-state index < -0.39 is 0 Å². The Morgan fingerprint density at radius 3 is 2.39 bits per heavy atom. The summed E-state index contributed by atoms with van der Waals surface area (Å²) in [7, 11) is 0. The lowest BCUT2D eigenvalue weighted by Gasteiger charge is -2.53. The molecule has 4 aliphatic rings. The van der Waals surface area contributed by atoms with Crippen LogP contribution in [0.3, 0.4) is 0 Å². The molecule has 5 heteroatoms. The zero-order chi connectivity index (χ0) is 20.3. The molecule has 0 aromatic rings. The maximum atomic E-state index is 13.4. The van der Waals surface area contributed by atoms with E-state index in [-0.39, 0.29) is 40.8 Å². The Bertz CT molecular complexity index is 752. The molecule has 0 aromatic heterocycles. The van der Waals surface area contributed by atoms with Gasteiger partial charge in [0.2, 0.25) is 0 Å². The summed E-state index contributed by atoms with van der Waals surface area (Å²) in [6, 6.07) is 0. The predicted molar refractivity (Wildman–Crippen MR) is 103 cm³/mol. The fraction of sp³-hybridized carbons (Fsp3) is 0.783. The van der Waals surface area contributed by atoms with Crippen LogP contribution in [-0.4, -0.2) is 29.9 Å². The molecule has 0 bridgehead atoms. The van der Waals surface area contributed by atoms with E-state index in [1.165, 1.54) is 19.4 Å². The second-order valence-corrected chi connectivity index (χ2v) is 9.89. The highest BCUT2D eigenvalue weighted by molar-refractivity contribution is 5.99. The van der Waals surface area contributed by atoms with Crippen molar-refractivity contribution in [1.82, 2.24) is 0 Å². The normalized spacial score (nSPS) is 42.4. The number of Topliss-reactive ketones (excluding diaryl/α,β-unsaturated/α-hetero) is 1. The van der Waals surface area contributed by atoms with Gasteiger partial charge in [-0.15, -0.1) is 0 Å². The molecule has 0 heterocycles. The number of carbonyl (C=O) groups excluding carboxylic acids is 3. The minimum absolute atomic E-state index is 0.0125. The monoisotopic (exact) mass is 388 g/mol. The first kappa shape index (κ1) is 19.7. The molecule has 154 valence electrons. The first-order valence-electron chi connectivity index (χ1n) is 10.8. The van der Waals surface area contributed by atoms with E-state index in [0.29, 0.717) is 18.3 Å². The molecule has 6 atom stereocenters. The fourth-order valence-corrected chi connectivity index (χ4v) is 6.97. The van der Waals surface area contributed by atoms with Crippen molar-refractivity contribution < 1.29 is 23.9 Å². The predicted octanol–water partition coefficient (Wildman–Crippen LogP) is 4.14. The Balaban J connectivity index is 1.65. The zero-order valence-corrected chi connectivity index (χ0v) is 17.5. The molecule has 2 saturated carbocycles. The van der Waals surface area contributed by atoms with Crippen molar-refractivity contribution in [2.24, 2.45) is 22.7 Å². The van der Waals surface area contributed by atoms with Gasteiger partial charge >= 0.3 is 11.9 Å². The van der Waals surface area contributed by atoms with Gasteiger partial charge in [0, 0.05) is 31.3 Å². The minimum atomic E-state index is -0.264. The van der Waals surface area contributed by atoms with Crippen LogP contribution in [0.15, 0.2) is 11.1 Å². The van der Waals surface area contributed by atoms with E-state index in [9.17, 15) is 14.4 Å². The molecule has 0 aromatic carbocycles. The lowest BCUT2D eigenvalue weighted by molar-refractivity contribution is -0.154. The number of hydrogen-bond acceptors (Lipinski definition) is 5. The Morgan fingerprint density at radius 1 is 1.00 bits per heavy atom. The summed E-state index contributed by atoms with van der Waals surface area (Å²) in [6.07, 6.45) is 6.73. The first-order chi connectivity index (χ1) is 13.1. The molecule has 2 fully saturated rings. The topological polar surface area (TPSA) is 69.7 Å². The molecular weight excluding hydrogens is 356 g/mol. The first-order valence-corrected chi connectivity index (χ1v) is 10.8. The highest BCUT2D eigenvalue weighted by Gasteiger charge is 2.59. The van der Waals surface area contributed by atoms with Crippen molar-refractivity contribution in [2.45, 2.75) is 91.3 Å². The Hall–Kier alpha value is -1.65. The summed E-state index contributed by atoms with van der Waals surface area (Å²) >= 11 is 0. The summed E-state index contributed by atoms with van der Waals surface area (Å²) in [5.41, 5.74) is 2.05. The van der Waals surface area contributed by atoms with Crippen LogP contribution in [0, 0.1) is 22.7 Å². The summed E-state index contributed by atoms with van der Waals surface area (Å²) in [4.78, 5) is 36.4. The van der Waals surface area contributed by atoms with Crippen LogP contribution in [0.5, 0.6) is 0 Å². The van der Waals surface area contributed by atoms with E-state index >= 15 is 0 Å². The SMILES string of the molecule is CC(=O)OC1CCC2(C)C3=C(CC[C@H]2C1)C1CCC(OC(C)=O)C1(C)CC3=O. The molecule has 4 aliphatic carbocycles. The Labute approximate surface area is 167 Å². The summed E-state index contributed by atoms with van der Waals surface area (Å²) in [5.74, 6) is 0.526. The average molecular weight is 389 g/mol. The maximum absolute atomic E-state index is 13.4. The van der Waals surface area contributed by atoms with Gasteiger partial charge in [-0.1, -0.05) is 19.4 Å². The van der Waals surface area contributed by atoms with Crippen LogP contribution >= 0.6 is 0 Å². The molecule has 0 radical (unpaired) electrons. The number of carbonyl (C=O) groups is 3. The van der Waals surface area contributed by atoms with E-state index in [1.54, 1.807) is 0 Å². The van der Waals surface area contributed by atoms with Gasteiger partial charge < -0.3 is 9.47 Å². The largest absolute Gasteiger partial charge is 0.463 e. The third-order valence-electron chi connectivity index (χ3n) is 8.22. The van der Waals surface area contributed by atoms with Gasteiger partial charge in [-0.25, -0.2) is 0 Å². The summed E-state index contributed by atoms with van der Waals surface area (Å²) in [5, 5.41) is 0. The van der Waals surface area contributed by atoms with Crippen LogP contribution in [-0.2, 0) is 23.9 Å². The molecule has 0 saturated heterocycles. The average Bonchev–Trinajstić information content (AvgIpc) is 2.90. The molecule has 0 spiro atoms. The number of rotatable bonds is 2. The van der Waals surface area contributed by atoms with Gasteiger partial charge in [0.1, 0.15) is 12.2 Å². The number of esters is 2. The smallest absolute Gasteiger partial charge is 0.302 e. The van der Waals surface area contributed by atoms with Crippen LogP contribution in [0.1, 0.15) is 79.1 Å². The van der Waals surface area contributed by atoms with Crippen molar-refractivity contribution in [2.75, 3.05) is 0 Å². The second-order valence-electron chi connectivity index (χ2n) is 9.89. The quantitative estimate of drug-likeness (QED) is 0.665. The van der Waals surface area contributed by atoms with Gasteiger partial charge in [0.05, 0.1) is 0 Å². The van der Waals surface area contributed by atoms with Gasteiger partial charge in [-0.05, 0) is 62.2 Å². The third kappa shape index (κ3) is 2.93. The minimum Gasteiger partial charge on any atom is -0.463 e. The number of ketones is 1. The second kappa shape index (κ2) is 6.70. The van der Waals surface area contributed by atoms with Crippen LogP contribution < -0.4 is 0 Å². The van der Waals surface area contributed by atoms with Crippen molar-refractivity contribution in [3.8, 4) is 0 Å². The molecule has 5 unspecified atom stereocenters. The Kier molecular flexibility index (Phi) is 4.71. The maximum Gasteiger partial charge on any atom is 0.302 e. The zero-order valence-electron chi connectivity index (χ0n) is 17.5. The van der Waals surface area contributed by atoms with Gasteiger partial charge in [0.25, 0.3) is 0 Å². The van der Waals surface area contributed by atoms with Gasteiger partial charge in [0.15, 0.2) is 5.78 Å². The Morgan fingerprint density at radius 2 is 1.71 bits per heavy atom. The molecule has 28 heavy (non-hydrogen) atoms. The molecule has 0 N–H and O–H groups in total. The molecule has 0 aliphatic heterocycles. The highest BCUT2D eigenvalue weighted by atomic mass is 16.5. The van der Waals surface area contributed by atoms with Crippen molar-refractivity contribution in [3.05, 3.63) is 11.1 Å². The molecule has 4 rings (SSSR count). The molecule has 0 amide bonds. The van der Waals surface area contributed by atoms with Crippen molar-refractivity contribution >= 4 is 17.7 Å². The summed E-state index contributed by atoms with van der Waals surface area (Å²) < 4.78 is 11.1. The third-order valence-corrected chi connectivity index (χ3v) is 8.22. The molecular formula is C23H32O5. The summed E-state index contributed by atoms with van der Waals surface area (Å²) in [6.45, 7) is 7.33. The van der Waals surface area contributed by atoms with Crippen LogP contribution in [0.4, 0.5) is 0 Å². The lowest BCUT2D eigenvalue weighted by atomic mass is 9.51. The number of allylic oxidation sites excluding steroid dienone is 2. The number of fused-ring (bicyclic) bond motifs is 4. The number of hydrogen-bond donors (Lipinski definition) is 0. The van der Waals surface area contributed by atoms with E-state index in [4.69, 9.17) is 9.47 Å². The highest BCUT2D eigenvalue weighted by Crippen LogP contribution is 2.63. The fourth-order valence-electron chi connectivity index (χ4n) is 6.97. The van der Waals surface area contributed by atoms with Gasteiger partial charge in [-0.3, -0.25) is 14.4 Å². The lowest BCUT2D eigenvalue weighted by Crippen LogP contribution is -2.50. The van der Waals surface area contributed by atoms with E-state index in [2.05, 4.69) is 13.8 Å². The van der Waals surface area contributed by atoms with Crippen molar-refractivity contribution in [1.29, 1.82) is 0 Å². The number of ether oxygens (including phenoxy) is 2. The van der Waals surface area contributed by atoms with Crippen molar-refractivity contribution in [3.63, 3.8) is 0 Å². The van der Waals surface area contributed by atoms with E-state index in [1.807, 2.05) is 0 Å². The standard InChI is InChI=1S/C23H32O5/c1-13(24)27-16-9-10-22(3)15(11-16)5-6-17-18-7-8-20(28-14(2)25)23(18,4)12-19(26)21(17)22/h15-16,18,20H,5-12H2,1-4H3/t15-,16?,18?,20?,22?,23?/m0/s1. The van der Waals surface area contributed by atoms with Crippen LogP contribution in [0.25, 0.3) is 0 Å². The van der Waals surface area contributed by atoms with Crippen LogP contribution in [0.2, 0.25) is 0 Å². The molecule has 5 nitrogen and oxygen atoms in total. The van der Waals surface area contributed by atoms with E-state index in [0.717, 1.165) is 50.5 Å².